The van der Waals surface area contributed by atoms with Crippen LogP contribution in [0.3, 0.4) is 0 Å². The molecule has 1 aromatic rings. The molecule has 3 nitrogen and oxygen atoms in total. The highest BCUT2D eigenvalue weighted by Crippen LogP contribution is 2.39. The standard InChI is InChI=1S/C15H24N2O/c1-12(2)16-10-9-15(7-4-8-15)18-14-6-5-13(3)17-11-14/h5-6,11-12,16H,4,7-10H2,1-3H3. The van der Waals surface area contributed by atoms with Crippen molar-refractivity contribution in [2.24, 2.45) is 0 Å². The van der Waals surface area contributed by atoms with E-state index in [2.05, 4.69) is 24.1 Å². The van der Waals surface area contributed by atoms with Crippen molar-refractivity contribution in [3.63, 3.8) is 0 Å². The zero-order valence-corrected chi connectivity index (χ0v) is 11.7. The van der Waals surface area contributed by atoms with Crippen LogP contribution < -0.4 is 10.1 Å². The summed E-state index contributed by atoms with van der Waals surface area (Å²) in [6.45, 7) is 7.38. The highest BCUT2D eigenvalue weighted by Gasteiger charge is 2.38. The van der Waals surface area contributed by atoms with Gasteiger partial charge in [-0.15, -0.1) is 0 Å². The fourth-order valence-corrected chi connectivity index (χ4v) is 2.33. The molecule has 0 radical (unpaired) electrons. The molecule has 1 aromatic heterocycles. The van der Waals surface area contributed by atoms with Gasteiger partial charge in [-0.25, -0.2) is 0 Å². The number of hydrogen-bond acceptors (Lipinski definition) is 3. The lowest BCUT2D eigenvalue weighted by molar-refractivity contribution is -0.0148. The van der Waals surface area contributed by atoms with Crippen molar-refractivity contribution in [2.45, 2.75) is 58.1 Å². The van der Waals surface area contributed by atoms with E-state index >= 15 is 0 Å². The minimum Gasteiger partial charge on any atom is -0.486 e. The van der Waals surface area contributed by atoms with Crippen LogP contribution >= 0.6 is 0 Å². The van der Waals surface area contributed by atoms with E-state index in [4.69, 9.17) is 4.74 Å². The molecule has 1 fully saturated rings. The van der Waals surface area contributed by atoms with Crippen molar-refractivity contribution in [1.82, 2.24) is 10.3 Å². The first-order valence-corrected chi connectivity index (χ1v) is 6.95. The van der Waals surface area contributed by atoms with Gasteiger partial charge in [-0.1, -0.05) is 13.8 Å². The van der Waals surface area contributed by atoms with Gasteiger partial charge in [-0.05, 0) is 51.3 Å². The molecule has 0 saturated heterocycles. The SMILES string of the molecule is Cc1ccc(OC2(CCNC(C)C)CCC2)cn1. The lowest BCUT2D eigenvalue weighted by Crippen LogP contribution is -2.46. The van der Waals surface area contributed by atoms with Crippen LogP contribution in [-0.2, 0) is 0 Å². The molecule has 1 N–H and O–H groups in total. The Labute approximate surface area is 110 Å². The van der Waals surface area contributed by atoms with Gasteiger partial charge in [0.2, 0.25) is 0 Å². The Morgan fingerprint density at radius 2 is 2.17 bits per heavy atom. The van der Waals surface area contributed by atoms with E-state index in [9.17, 15) is 0 Å². The van der Waals surface area contributed by atoms with Gasteiger partial charge >= 0.3 is 0 Å². The average molecular weight is 248 g/mol. The molecule has 3 heteroatoms. The summed E-state index contributed by atoms with van der Waals surface area (Å²) in [6, 6.07) is 4.58. The van der Waals surface area contributed by atoms with E-state index in [0.717, 1.165) is 24.4 Å². The molecule has 0 aromatic carbocycles. The molecule has 0 atom stereocenters. The molecule has 0 spiro atoms. The summed E-state index contributed by atoms with van der Waals surface area (Å²) in [5, 5.41) is 3.47. The normalized spacial score (nSPS) is 17.6. The minimum atomic E-state index is 0.0544. The second kappa shape index (κ2) is 5.70. The summed E-state index contributed by atoms with van der Waals surface area (Å²) in [5.74, 6) is 0.907. The smallest absolute Gasteiger partial charge is 0.138 e. The second-order valence-corrected chi connectivity index (χ2v) is 5.63. The van der Waals surface area contributed by atoms with Gasteiger partial charge in [0.25, 0.3) is 0 Å². The highest BCUT2D eigenvalue weighted by molar-refractivity contribution is 5.20. The summed E-state index contributed by atoms with van der Waals surface area (Å²) in [7, 11) is 0. The van der Waals surface area contributed by atoms with Gasteiger partial charge in [0, 0.05) is 11.7 Å². The molecule has 0 aliphatic heterocycles. The van der Waals surface area contributed by atoms with E-state index in [1.54, 1.807) is 0 Å². The summed E-state index contributed by atoms with van der Waals surface area (Å²) >= 11 is 0. The number of nitrogens with one attached hydrogen (secondary N) is 1. The van der Waals surface area contributed by atoms with Gasteiger partial charge in [0.05, 0.1) is 6.20 Å². The quantitative estimate of drug-likeness (QED) is 0.840. The molecule has 100 valence electrons. The maximum absolute atomic E-state index is 6.17. The van der Waals surface area contributed by atoms with Crippen LogP contribution in [0.4, 0.5) is 0 Å². The van der Waals surface area contributed by atoms with Crippen molar-refractivity contribution in [3.05, 3.63) is 24.0 Å². The van der Waals surface area contributed by atoms with Gasteiger partial charge in [0.15, 0.2) is 0 Å². The van der Waals surface area contributed by atoms with Crippen LogP contribution in [0.1, 0.15) is 45.2 Å². The molecule has 1 heterocycles. The molecule has 0 amide bonds. The number of ether oxygens (including phenoxy) is 1. The summed E-state index contributed by atoms with van der Waals surface area (Å²) in [4.78, 5) is 4.29. The van der Waals surface area contributed by atoms with E-state index in [1.165, 1.54) is 19.3 Å². The summed E-state index contributed by atoms with van der Waals surface area (Å²) in [5.41, 5.74) is 1.09. The zero-order valence-electron chi connectivity index (χ0n) is 11.7. The van der Waals surface area contributed by atoms with Gasteiger partial charge in [-0.3, -0.25) is 4.98 Å². The van der Waals surface area contributed by atoms with E-state index in [1.807, 2.05) is 25.3 Å². The largest absolute Gasteiger partial charge is 0.486 e. The van der Waals surface area contributed by atoms with Crippen molar-refractivity contribution < 1.29 is 4.74 Å². The van der Waals surface area contributed by atoms with Crippen LogP contribution in [-0.4, -0.2) is 23.2 Å². The van der Waals surface area contributed by atoms with Crippen LogP contribution in [0.25, 0.3) is 0 Å². The molecule has 0 unspecified atom stereocenters. The molecule has 1 aliphatic carbocycles. The third kappa shape index (κ3) is 3.45. The third-order valence-electron chi connectivity index (χ3n) is 3.62. The van der Waals surface area contributed by atoms with Crippen molar-refractivity contribution in [2.75, 3.05) is 6.54 Å². The van der Waals surface area contributed by atoms with Crippen molar-refractivity contribution in [1.29, 1.82) is 0 Å². The Morgan fingerprint density at radius 1 is 1.39 bits per heavy atom. The zero-order chi connectivity index (χ0) is 13.0. The minimum absolute atomic E-state index is 0.0544. The molecule has 1 saturated carbocycles. The predicted octanol–water partition coefficient (Wildman–Crippen LogP) is 3.08. The monoisotopic (exact) mass is 248 g/mol. The number of hydrogen-bond donors (Lipinski definition) is 1. The number of nitrogens with zero attached hydrogens (tertiary/aromatic N) is 1. The molecule has 0 bridgehead atoms. The molecule has 18 heavy (non-hydrogen) atoms. The predicted molar refractivity (Wildman–Crippen MR) is 73.9 cm³/mol. The Kier molecular flexibility index (Phi) is 4.23. The number of aromatic nitrogens is 1. The first kappa shape index (κ1) is 13.3. The lowest BCUT2D eigenvalue weighted by atomic mass is 9.77. The Morgan fingerprint density at radius 3 is 2.67 bits per heavy atom. The third-order valence-corrected chi connectivity index (χ3v) is 3.62. The average Bonchev–Trinajstić information content (AvgIpc) is 2.28. The molecular weight excluding hydrogens is 224 g/mol. The van der Waals surface area contributed by atoms with Crippen LogP contribution in [0.2, 0.25) is 0 Å². The Balaban J connectivity index is 1.89. The highest BCUT2D eigenvalue weighted by atomic mass is 16.5. The number of rotatable bonds is 6. The van der Waals surface area contributed by atoms with E-state index < -0.39 is 0 Å². The summed E-state index contributed by atoms with van der Waals surface area (Å²) in [6.07, 6.45) is 6.53. The fourth-order valence-electron chi connectivity index (χ4n) is 2.33. The maximum atomic E-state index is 6.17. The molecule has 1 aliphatic rings. The first-order valence-electron chi connectivity index (χ1n) is 6.95. The van der Waals surface area contributed by atoms with Gasteiger partial charge < -0.3 is 10.1 Å². The van der Waals surface area contributed by atoms with E-state index in [-0.39, 0.29) is 5.60 Å². The second-order valence-electron chi connectivity index (χ2n) is 5.63. The number of pyridine rings is 1. The lowest BCUT2D eigenvalue weighted by Gasteiger charge is -2.42. The van der Waals surface area contributed by atoms with Crippen molar-refractivity contribution >= 4 is 0 Å². The summed E-state index contributed by atoms with van der Waals surface area (Å²) < 4.78 is 6.17. The topological polar surface area (TPSA) is 34.1 Å². The van der Waals surface area contributed by atoms with Crippen LogP contribution in [0, 0.1) is 6.92 Å². The maximum Gasteiger partial charge on any atom is 0.138 e. The first-order chi connectivity index (χ1) is 8.60. The Hall–Kier alpha value is -1.09. The van der Waals surface area contributed by atoms with Crippen LogP contribution in [0.15, 0.2) is 18.3 Å². The van der Waals surface area contributed by atoms with Gasteiger partial charge in [0.1, 0.15) is 11.4 Å². The van der Waals surface area contributed by atoms with Crippen molar-refractivity contribution in [3.8, 4) is 5.75 Å². The van der Waals surface area contributed by atoms with Gasteiger partial charge in [-0.2, -0.15) is 0 Å². The number of aryl methyl sites for hydroxylation is 1. The fraction of sp³-hybridized carbons (Fsp3) is 0.667. The Bertz CT molecular complexity index is 369. The molecule has 2 rings (SSSR count). The van der Waals surface area contributed by atoms with Crippen LogP contribution in [0.5, 0.6) is 5.75 Å². The molecular formula is C15H24N2O. The van der Waals surface area contributed by atoms with E-state index in [0.29, 0.717) is 6.04 Å².